The molecule has 5 heteroatoms. The monoisotopic (exact) mass is 390 g/mol. The fraction of sp³-hybridized carbons (Fsp3) is 0.217. The molecule has 0 saturated carbocycles. The third-order valence-corrected chi connectivity index (χ3v) is 6.10. The molecule has 0 atom stereocenters. The van der Waals surface area contributed by atoms with Crippen molar-refractivity contribution in [3.05, 3.63) is 82.3 Å². The van der Waals surface area contributed by atoms with Gasteiger partial charge in [0.15, 0.2) is 5.13 Å². The lowest BCUT2D eigenvalue weighted by atomic mass is 10.0. The summed E-state index contributed by atoms with van der Waals surface area (Å²) in [4.78, 5) is 20.0. The van der Waals surface area contributed by atoms with Crippen LogP contribution in [0.1, 0.15) is 38.4 Å². The van der Waals surface area contributed by atoms with Crippen molar-refractivity contribution in [2.75, 3.05) is 4.90 Å². The van der Waals surface area contributed by atoms with Gasteiger partial charge in [0.25, 0.3) is 5.91 Å². The largest absolute Gasteiger partial charge is 0.467 e. The summed E-state index contributed by atoms with van der Waals surface area (Å²) in [5.41, 5.74) is 6.09. The maximum atomic E-state index is 13.5. The topological polar surface area (TPSA) is 46.3 Å². The van der Waals surface area contributed by atoms with E-state index >= 15 is 0 Å². The van der Waals surface area contributed by atoms with E-state index in [1.807, 2.05) is 44.2 Å². The molecule has 0 radical (unpaired) electrons. The van der Waals surface area contributed by atoms with E-state index in [9.17, 15) is 4.79 Å². The first-order valence-electron chi connectivity index (χ1n) is 9.22. The van der Waals surface area contributed by atoms with E-state index in [1.54, 1.807) is 11.2 Å². The summed E-state index contributed by atoms with van der Waals surface area (Å²) in [7, 11) is 0. The van der Waals surface area contributed by atoms with Crippen LogP contribution < -0.4 is 4.90 Å². The number of carbonyl (C=O) groups excluding carboxylic acids is 1. The van der Waals surface area contributed by atoms with Crippen LogP contribution in [0.2, 0.25) is 0 Å². The van der Waals surface area contributed by atoms with Crippen LogP contribution in [0.25, 0.3) is 10.2 Å². The van der Waals surface area contributed by atoms with Crippen LogP contribution in [-0.4, -0.2) is 10.9 Å². The number of anilines is 1. The second-order valence-electron chi connectivity index (χ2n) is 7.14. The quantitative estimate of drug-likeness (QED) is 0.431. The molecule has 0 unspecified atom stereocenters. The highest BCUT2D eigenvalue weighted by Gasteiger charge is 2.24. The molecule has 0 fully saturated rings. The standard InChI is InChI=1S/C23H22N2O2S/c1-14-7-9-19(16(3)12-14)22(26)25(13-18-6-5-11-27-18)23-24-21-17(4)15(2)8-10-20(21)28-23/h5-12H,13H2,1-4H3. The maximum Gasteiger partial charge on any atom is 0.260 e. The zero-order valence-electron chi connectivity index (χ0n) is 16.4. The molecule has 0 aliphatic heterocycles. The molecule has 0 spiro atoms. The summed E-state index contributed by atoms with van der Waals surface area (Å²) >= 11 is 1.53. The highest BCUT2D eigenvalue weighted by atomic mass is 32.1. The Morgan fingerprint density at radius 2 is 1.89 bits per heavy atom. The third kappa shape index (κ3) is 3.34. The number of thiazole rings is 1. The molecule has 2 aromatic carbocycles. The molecular formula is C23H22N2O2S. The number of nitrogens with zero attached hydrogens (tertiary/aromatic N) is 2. The second kappa shape index (κ2) is 7.24. The number of benzene rings is 2. The van der Waals surface area contributed by atoms with Crippen molar-refractivity contribution < 1.29 is 9.21 Å². The predicted octanol–water partition coefficient (Wildman–Crippen LogP) is 5.97. The maximum absolute atomic E-state index is 13.5. The summed E-state index contributed by atoms with van der Waals surface area (Å²) in [6.45, 7) is 8.49. The van der Waals surface area contributed by atoms with Crippen molar-refractivity contribution in [1.29, 1.82) is 0 Å². The molecule has 142 valence electrons. The normalized spacial score (nSPS) is 11.1. The van der Waals surface area contributed by atoms with Gasteiger partial charge in [-0.25, -0.2) is 4.98 Å². The van der Waals surface area contributed by atoms with Crippen molar-refractivity contribution in [2.24, 2.45) is 0 Å². The lowest BCUT2D eigenvalue weighted by Gasteiger charge is -2.20. The van der Waals surface area contributed by atoms with E-state index in [0.29, 0.717) is 17.2 Å². The number of hydrogen-bond acceptors (Lipinski definition) is 4. The molecule has 0 bridgehead atoms. The van der Waals surface area contributed by atoms with Crippen LogP contribution in [0.5, 0.6) is 0 Å². The first-order valence-corrected chi connectivity index (χ1v) is 10.0. The van der Waals surface area contributed by atoms with Crippen molar-refractivity contribution >= 4 is 32.6 Å². The molecule has 4 nitrogen and oxygen atoms in total. The van der Waals surface area contributed by atoms with E-state index in [2.05, 4.69) is 26.0 Å². The minimum absolute atomic E-state index is 0.0673. The van der Waals surface area contributed by atoms with Gasteiger partial charge in [-0.15, -0.1) is 0 Å². The molecular weight excluding hydrogens is 368 g/mol. The van der Waals surface area contributed by atoms with E-state index in [4.69, 9.17) is 9.40 Å². The summed E-state index contributed by atoms with van der Waals surface area (Å²) in [5, 5.41) is 0.685. The molecule has 28 heavy (non-hydrogen) atoms. The lowest BCUT2D eigenvalue weighted by Crippen LogP contribution is -2.30. The van der Waals surface area contributed by atoms with Crippen LogP contribution in [0.15, 0.2) is 53.1 Å². The molecule has 4 aromatic rings. The minimum Gasteiger partial charge on any atom is -0.467 e. The Bertz CT molecular complexity index is 1160. The first-order chi connectivity index (χ1) is 13.4. The number of fused-ring (bicyclic) bond motifs is 1. The Labute approximate surface area is 168 Å². The van der Waals surface area contributed by atoms with Gasteiger partial charge in [0.05, 0.1) is 23.0 Å². The van der Waals surface area contributed by atoms with Crippen molar-refractivity contribution in [3.8, 4) is 0 Å². The molecule has 0 N–H and O–H groups in total. The fourth-order valence-corrected chi connectivity index (χ4v) is 4.34. The van der Waals surface area contributed by atoms with Gasteiger partial charge in [0, 0.05) is 5.56 Å². The molecule has 0 aliphatic rings. The molecule has 4 rings (SSSR count). The number of carbonyl (C=O) groups is 1. The zero-order valence-corrected chi connectivity index (χ0v) is 17.3. The van der Waals surface area contributed by atoms with Crippen LogP contribution in [-0.2, 0) is 6.54 Å². The van der Waals surface area contributed by atoms with Gasteiger partial charge in [0.1, 0.15) is 5.76 Å². The Hall–Kier alpha value is -2.92. The number of amides is 1. The third-order valence-electron chi connectivity index (χ3n) is 5.06. The smallest absolute Gasteiger partial charge is 0.260 e. The van der Waals surface area contributed by atoms with E-state index in [-0.39, 0.29) is 5.91 Å². The average molecular weight is 391 g/mol. The number of aromatic nitrogens is 1. The first kappa shape index (κ1) is 18.4. The predicted molar refractivity (Wildman–Crippen MR) is 114 cm³/mol. The van der Waals surface area contributed by atoms with Gasteiger partial charge in [-0.2, -0.15) is 0 Å². The number of aryl methyl sites for hydroxylation is 4. The van der Waals surface area contributed by atoms with Crippen molar-refractivity contribution in [1.82, 2.24) is 4.98 Å². The molecule has 0 saturated heterocycles. The Morgan fingerprint density at radius 3 is 2.61 bits per heavy atom. The summed E-state index contributed by atoms with van der Waals surface area (Å²) < 4.78 is 6.60. The van der Waals surface area contributed by atoms with Gasteiger partial charge in [0.2, 0.25) is 0 Å². The SMILES string of the molecule is Cc1ccc(C(=O)N(Cc2ccco2)c2nc3c(C)c(C)ccc3s2)c(C)c1. The molecule has 2 heterocycles. The van der Waals surface area contributed by atoms with E-state index in [0.717, 1.165) is 32.7 Å². The van der Waals surface area contributed by atoms with Crippen LogP contribution in [0.3, 0.4) is 0 Å². The Morgan fingerprint density at radius 1 is 1.07 bits per heavy atom. The molecule has 2 aromatic heterocycles. The second-order valence-corrected chi connectivity index (χ2v) is 8.15. The number of hydrogen-bond donors (Lipinski definition) is 0. The summed E-state index contributed by atoms with van der Waals surface area (Å²) in [6, 6.07) is 13.8. The fourth-order valence-electron chi connectivity index (χ4n) is 3.31. The van der Waals surface area contributed by atoms with Gasteiger partial charge in [-0.05, 0) is 68.7 Å². The summed E-state index contributed by atoms with van der Waals surface area (Å²) in [6.07, 6.45) is 1.63. The Kier molecular flexibility index (Phi) is 4.77. The van der Waals surface area contributed by atoms with E-state index in [1.165, 1.54) is 16.9 Å². The van der Waals surface area contributed by atoms with Crippen LogP contribution in [0.4, 0.5) is 5.13 Å². The number of furan rings is 1. The number of rotatable bonds is 4. The average Bonchev–Trinajstić information content (AvgIpc) is 3.32. The summed E-state index contributed by atoms with van der Waals surface area (Å²) in [5.74, 6) is 0.660. The van der Waals surface area contributed by atoms with Gasteiger partial charge < -0.3 is 4.42 Å². The molecule has 0 aliphatic carbocycles. The van der Waals surface area contributed by atoms with Crippen molar-refractivity contribution in [2.45, 2.75) is 34.2 Å². The van der Waals surface area contributed by atoms with Crippen LogP contribution in [0, 0.1) is 27.7 Å². The van der Waals surface area contributed by atoms with Crippen molar-refractivity contribution in [3.63, 3.8) is 0 Å². The van der Waals surface area contributed by atoms with Gasteiger partial charge in [-0.3, -0.25) is 9.69 Å². The highest BCUT2D eigenvalue weighted by Crippen LogP contribution is 2.33. The molecule has 1 amide bonds. The van der Waals surface area contributed by atoms with Crippen LogP contribution >= 0.6 is 11.3 Å². The van der Waals surface area contributed by atoms with E-state index < -0.39 is 0 Å². The van der Waals surface area contributed by atoms with Gasteiger partial charge in [-0.1, -0.05) is 35.1 Å². The van der Waals surface area contributed by atoms with Gasteiger partial charge >= 0.3 is 0 Å². The Balaban J connectivity index is 1.81. The highest BCUT2D eigenvalue weighted by molar-refractivity contribution is 7.22. The minimum atomic E-state index is -0.0673. The lowest BCUT2D eigenvalue weighted by molar-refractivity contribution is 0.0982. The zero-order chi connectivity index (χ0) is 19.8.